The zero-order valence-corrected chi connectivity index (χ0v) is 10.5. The summed E-state index contributed by atoms with van der Waals surface area (Å²) in [5.41, 5.74) is 1.03. The van der Waals surface area contributed by atoms with Crippen LogP contribution in [0.2, 0.25) is 0 Å². The fourth-order valence-corrected chi connectivity index (χ4v) is 3.35. The second kappa shape index (κ2) is 5.00. The minimum Gasteiger partial charge on any atom is -0.469 e. The minimum absolute atomic E-state index is 0.0154. The van der Waals surface area contributed by atoms with Crippen molar-refractivity contribution in [1.82, 2.24) is 0 Å². The quantitative estimate of drug-likeness (QED) is 0.754. The molecule has 2 rings (SSSR count). The molecule has 0 radical (unpaired) electrons. The fraction of sp³-hybridized carbons (Fsp3) is 0.615. The first-order chi connectivity index (χ1) is 7.77. The van der Waals surface area contributed by atoms with Crippen molar-refractivity contribution in [2.75, 3.05) is 7.11 Å². The molecule has 0 bridgehead atoms. The lowest BCUT2D eigenvalue weighted by Gasteiger charge is -2.34. The number of carbonyl (C=O) groups excluding carboxylic acids is 1. The molecule has 1 aromatic heterocycles. The molecule has 2 nitrogen and oxygen atoms in total. The summed E-state index contributed by atoms with van der Waals surface area (Å²) in [5.74, 6) is -0.0154. The topological polar surface area (TPSA) is 26.3 Å². The predicted molar refractivity (Wildman–Crippen MR) is 65.6 cm³/mol. The Morgan fingerprint density at radius 1 is 1.44 bits per heavy atom. The number of hydrogen-bond donors (Lipinski definition) is 0. The highest BCUT2D eigenvalue weighted by atomic mass is 32.1. The van der Waals surface area contributed by atoms with Crippen LogP contribution in [0, 0.1) is 5.41 Å². The SMILES string of the molecule is COC(=O)C1(Cc2ccsc2)CCCCC1. The summed E-state index contributed by atoms with van der Waals surface area (Å²) in [4.78, 5) is 12.0. The van der Waals surface area contributed by atoms with Crippen molar-refractivity contribution in [3.05, 3.63) is 22.4 Å². The van der Waals surface area contributed by atoms with Gasteiger partial charge in [-0.3, -0.25) is 4.79 Å². The van der Waals surface area contributed by atoms with Crippen molar-refractivity contribution in [1.29, 1.82) is 0 Å². The summed E-state index contributed by atoms with van der Waals surface area (Å²) in [6, 6.07) is 2.12. The lowest BCUT2D eigenvalue weighted by molar-refractivity contribution is -0.154. The van der Waals surface area contributed by atoms with Gasteiger partial charge in [-0.25, -0.2) is 0 Å². The van der Waals surface area contributed by atoms with Crippen LogP contribution < -0.4 is 0 Å². The highest BCUT2D eigenvalue weighted by molar-refractivity contribution is 7.07. The normalized spacial score (nSPS) is 19.3. The van der Waals surface area contributed by atoms with Crippen molar-refractivity contribution in [3.8, 4) is 0 Å². The Morgan fingerprint density at radius 3 is 2.75 bits per heavy atom. The van der Waals surface area contributed by atoms with Gasteiger partial charge < -0.3 is 4.74 Å². The molecule has 0 aliphatic heterocycles. The molecule has 1 aliphatic rings. The van der Waals surface area contributed by atoms with E-state index in [1.165, 1.54) is 19.1 Å². The maximum Gasteiger partial charge on any atom is 0.312 e. The number of thiophene rings is 1. The Hall–Kier alpha value is -0.830. The Morgan fingerprint density at radius 2 is 2.19 bits per heavy atom. The third-order valence-corrected chi connectivity index (χ3v) is 4.28. The van der Waals surface area contributed by atoms with Crippen LogP contribution in [0.5, 0.6) is 0 Å². The molecule has 0 spiro atoms. The monoisotopic (exact) mass is 238 g/mol. The van der Waals surface area contributed by atoms with E-state index in [0.717, 1.165) is 32.1 Å². The van der Waals surface area contributed by atoms with E-state index in [2.05, 4.69) is 16.8 Å². The van der Waals surface area contributed by atoms with E-state index in [1.54, 1.807) is 11.3 Å². The van der Waals surface area contributed by atoms with Crippen LogP contribution in [0.25, 0.3) is 0 Å². The van der Waals surface area contributed by atoms with Crippen molar-refractivity contribution in [3.63, 3.8) is 0 Å². The van der Waals surface area contributed by atoms with E-state index in [0.29, 0.717) is 0 Å². The van der Waals surface area contributed by atoms with Gasteiger partial charge in [-0.2, -0.15) is 11.3 Å². The van der Waals surface area contributed by atoms with Crippen molar-refractivity contribution in [2.45, 2.75) is 38.5 Å². The first-order valence-electron chi connectivity index (χ1n) is 5.86. The standard InChI is InChI=1S/C13H18O2S/c1-15-12(14)13(6-3-2-4-7-13)9-11-5-8-16-10-11/h5,8,10H,2-4,6-7,9H2,1H3. The van der Waals surface area contributed by atoms with E-state index < -0.39 is 0 Å². The molecule has 1 aliphatic carbocycles. The fourth-order valence-electron chi connectivity index (χ4n) is 2.68. The molecule has 1 saturated carbocycles. The Kier molecular flexibility index (Phi) is 3.64. The summed E-state index contributed by atoms with van der Waals surface area (Å²) in [6.45, 7) is 0. The minimum atomic E-state index is -0.242. The molecule has 0 saturated heterocycles. The van der Waals surface area contributed by atoms with Gasteiger partial charge in [0.15, 0.2) is 0 Å². The molecule has 0 aromatic carbocycles. The van der Waals surface area contributed by atoms with E-state index in [4.69, 9.17) is 4.74 Å². The molecule has 0 amide bonds. The van der Waals surface area contributed by atoms with Crippen LogP contribution in [-0.4, -0.2) is 13.1 Å². The van der Waals surface area contributed by atoms with Gasteiger partial charge in [0.1, 0.15) is 0 Å². The maximum absolute atomic E-state index is 12.0. The van der Waals surface area contributed by atoms with Gasteiger partial charge in [0.2, 0.25) is 0 Å². The number of methoxy groups -OCH3 is 1. The zero-order chi connectivity index (χ0) is 11.4. The molecule has 0 N–H and O–H groups in total. The molecule has 1 aromatic rings. The van der Waals surface area contributed by atoms with Crippen molar-refractivity contribution < 1.29 is 9.53 Å². The summed E-state index contributed by atoms with van der Waals surface area (Å²) < 4.78 is 5.01. The predicted octanol–water partition coefficient (Wildman–Crippen LogP) is 3.41. The van der Waals surface area contributed by atoms with Gasteiger partial charge in [0.05, 0.1) is 12.5 Å². The number of hydrogen-bond acceptors (Lipinski definition) is 3. The van der Waals surface area contributed by atoms with Gasteiger partial charge in [0.25, 0.3) is 0 Å². The highest BCUT2D eigenvalue weighted by Gasteiger charge is 2.40. The molecule has 0 unspecified atom stereocenters. The highest BCUT2D eigenvalue weighted by Crippen LogP contribution is 2.40. The summed E-state index contributed by atoms with van der Waals surface area (Å²) in [5, 5.41) is 4.21. The number of ether oxygens (including phenoxy) is 1. The molecule has 0 atom stereocenters. The molecule has 88 valence electrons. The van der Waals surface area contributed by atoms with Crippen LogP contribution in [0.15, 0.2) is 16.8 Å². The van der Waals surface area contributed by atoms with Gasteiger partial charge in [-0.15, -0.1) is 0 Å². The van der Waals surface area contributed by atoms with Gasteiger partial charge in [-0.05, 0) is 41.7 Å². The zero-order valence-electron chi connectivity index (χ0n) is 9.70. The summed E-state index contributed by atoms with van der Waals surface area (Å²) in [7, 11) is 1.51. The van der Waals surface area contributed by atoms with Gasteiger partial charge in [-0.1, -0.05) is 19.3 Å². The largest absolute Gasteiger partial charge is 0.469 e. The third-order valence-electron chi connectivity index (χ3n) is 3.55. The van der Waals surface area contributed by atoms with E-state index in [9.17, 15) is 4.79 Å². The van der Waals surface area contributed by atoms with Gasteiger partial charge in [0, 0.05) is 0 Å². The van der Waals surface area contributed by atoms with Crippen LogP contribution in [0.1, 0.15) is 37.7 Å². The average molecular weight is 238 g/mol. The van der Waals surface area contributed by atoms with Gasteiger partial charge >= 0.3 is 5.97 Å². The number of esters is 1. The van der Waals surface area contributed by atoms with Crippen LogP contribution >= 0.6 is 11.3 Å². The molecule has 1 fully saturated rings. The lowest BCUT2D eigenvalue weighted by Crippen LogP contribution is -2.36. The van der Waals surface area contributed by atoms with Crippen molar-refractivity contribution >= 4 is 17.3 Å². The number of rotatable bonds is 3. The maximum atomic E-state index is 12.0. The summed E-state index contributed by atoms with van der Waals surface area (Å²) in [6.07, 6.45) is 6.37. The third kappa shape index (κ3) is 2.29. The average Bonchev–Trinajstić information content (AvgIpc) is 2.82. The molecule has 3 heteroatoms. The number of carbonyl (C=O) groups is 1. The van der Waals surface area contributed by atoms with Crippen molar-refractivity contribution in [2.24, 2.45) is 5.41 Å². The smallest absolute Gasteiger partial charge is 0.312 e. The van der Waals surface area contributed by atoms with Crippen LogP contribution in [-0.2, 0) is 16.0 Å². The molecule has 1 heterocycles. The molecule has 16 heavy (non-hydrogen) atoms. The van der Waals surface area contributed by atoms with Crippen LogP contribution in [0.4, 0.5) is 0 Å². The Balaban J connectivity index is 2.16. The second-order valence-electron chi connectivity index (χ2n) is 4.64. The Bertz CT molecular complexity index is 337. The molecular weight excluding hydrogens is 220 g/mol. The Labute approximate surface area is 101 Å². The summed E-state index contributed by atoms with van der Waals surface area (Å²) >= 11 is 1.69. The van der Waals surface area contributed by atoms with E-state index in [-0.39, 0.29) is 11.4 Å². The van der Waals surface area contributed by atoms with Crippen LogP contribution in [0.3, 0.4) is 0 Å². The first kappa shape index (κ1) is 11.6. The lowest BCUT2D eigenvalue weighted by atomic mass is 9.70. The van der Waals surface area contributed by atoms with E-state index >= 15 is 0 Å². The molecular formula is C13H18O2S. The first-order valence-corrected chi connectivity index (χ1v) is 6.81. The second-order valence-corrected chi connectivity index (χ2v) is 5.42. The van der Waals surface area contributed by atoms with E-state index in [1.807, 2.05) is 0 Å².